The molecule has 1 aromatic heterocycles. The Hall–Kier alpha value is -1.33. The van der Waals surface area contributed by atoms with Gasteiger partial charge >= 0.3 is 0 Å². The standard InChI is InChI=1S/C16H26N4O/c1-2-18-10-12-19(13-11-18)16(21)15-4-3-9-20(15)14-5-7-17-8-6-14/h3-4,9,14,17H,2,5-8,10-13H2,1H3. The predicted molar refractivity (Wildman–Crippen MR) is 83.6 cm³/mol. The molecular weight excluding hydrogens is 264 g/mol. The molecule has 2 fully saturated rings. The number of carbonyl (C=O) groups is 1. The van der Waals surface area contributed by atoms with Crippen LogP contribution in [0.5, 0.6) is 0 Å². The molecule has 116 valence electrons. The van der Waals surface area contributed by atoms with E-state index in [2.05, 4.69) is 27.9 Å². The molecule has 1 N–H and O–H groups in total. The van der Waals surface area contributed by atoms with E-state index in [9.17, 15) is 4.79 Å². The Morgan fingerprint density at radius 2 is 1.95 bits per heavy atom. The number of hydrogen-bond acceptors (Lipinski definition) is 3. The molecule has 2 aliphatic rings. The normalized spacial score (nSPS) is 21.7. The molecule has 5 heteroatoms. The first-order valence-corrected chi connectivity index (χ1v) is 8.18. The second kappa shape index (κ2) is 6.62. The Morgan fingerprint density at radius 1 is 1.24 bits per heavy atom. The third-order valence-corrected chi connectivity index (χ3v) is 4.81. The first-order valence-electron chi connectivity index (χ1n) is 8.18. The topological polar surface area (TPSA) is 40.5 Å². The molecule has 2 aliphatic heterocycles. The van der Waals surface area contributed by atoms with E-state index in [1.165, 1.54) is 0 Å². The lowest BCUT2D eigenvalue weighted by Crippen LogP contribution is -2.49. The Balaban J connectivity index is 1.69. The number of piperazine rings is 1. The van der Waals surface area contributed by atoms with Crippen molar-refractivity contribution in [1.29, 1.82) is 0 Å². The number of likely N-dealkylation sites (N-methyl/N-ethyl adjacent to an activating group) is 1. The van der Waals surface area contributed by atoms with Gasteiger partial charge in [0.2, 0.25) is 0 Å². The van der Waals surface area contributed by atoms with Gasteiger partial charge in [0.1, 0.15) is 5.69 Å². The summed E-state index contributed by atoms with van der Waals surface area (Å²) in [5, 5.41) is 3.39. The highest BCUT2D eigenvalue weighted by molar-refractivity contribution is 5.93. The van der Waals surface area contributed by atoms with Crippen LogP contribution in [-0.2, 0) is 0 Å². The van der Waals surface area contributed by atoms with Crippen LogP contribution in [0.2, 0.25) is 0 Å². The van der Waals surface area contributed by atoms with E-state index in [1.54, 1.807) is 0 Å². The summed E-state index contributed by atoms with van der Waals surface area (Å²) in [7, 11) is 0. The molecule has 0 aliphatic carbocycles. The summed E-state index contributed by atoms with van der Waals surface area (Å²) in [5.41, 5.74) is 0.867. The van der Waals surface area contributed by atoms with Crippen molar-refractivity contribution in [1.82, 2.24) is 19.7 Å². The zero-order valence-corrected chi connectivity index (χ0v) is 12.9. The lowest BCUT2D eigenvalue weighted by molar-refractivity contribution is 0.0629. The van der Waals surface area contributed by atoms with Crippen LogP contribution in [0.1, 0.15) is 36.3 Å². The van der Waals surface area contributed by atoms with E-state index >= 15 is 0 Å². The molecule has 0 aromatic carbocycles. The molecular formula is C16H26N4O. The van der Waals surface area contributed by atoms with Crippen LogP contribution < -0.4 is 5.32 Å². The first-order chi connectivity index (χ1) is 10.3. The Kier molecular flexibility index (Phi) is 4.60. The quantitative estimate of drug-likeness (QED) is 0.909. The number of nitrogens with zero attached hydrogens (tertiary/aromatic N) is 3. The number of amides is 1. The average molecular weight is 290 g/mol. The van der Waals surface area contributed by atoms with Crippen molar-refractivity contribution in [3.63, 3.8) is 0 Å². The SMILES string of the molecule is CCN1CCN(C(=O)c2cccn2C2CCNCC2)CC1. The fourth-order valence-corrected chi connectivity index (χ4v) is 3.41. The van der Waals surface area contributed by atoms with Gasteiger partial charge in [0, 0.05) is 38.4 Å². The number of rotatable bonds is 3. The zero-order valence-electron chi connectivity index (χ0n) is 12.9. The van der Waals surface area contributed by atoms with Gasteiger partial charge in [0.05, 0.1) is 0 Å². The minimum Gasteiger partial charge on any atom is -0.340 e. The predicted octanol–water partition coefficient (Wildman–Crippen LogP) is 1.19. The lowest BCUT2D eigenvalue weighted by atomic mass is 10.1. The molecule has 1 amide bonds. The molecule has 0 radical (unpaired) electrons. The van der Waals surface area contributed by atoms with Crippen molar-refractivity contribution in [2.75, 3.05) is 45.8 Å². The highest BCUT2D eigenvalue weighted by Crippen LogP contribution is 2.22. The first kappa shape index (κ1) is 14.6. The molecule has 5 nitrogen and oxygen atoms in total. The van der Waals surface area contributed by atoms with E-state index in [4.69, 9.17) is 0 Å². The van der Waals surface area contributed by atoms with Crippen molar-refractivity contribution in [2.24, 2.45) is 0 Å². The van der Waals surface area contributed by atoms with Crippen LogP contribution in [0.15, 0.2) is 18.3 Å². The van der Waals surface area contributed by atoms with Crippen molar-refractivity contribution >= 4 is 5.91 Å². The van der Waals surface area contributed by atoms with Crippen LogP contribution in [0.4, 0.5) is 0 Å². The maximum absolute atomic E-state index is 12.8. The number of aromatic nitrogens is 1. The molecule has 0 unspecified atom stereocenters. The summed E-state index contributed by atoms with van der Waals surface area (Å²) in [4.78, 5) is 17.2. The summed E-state index contributed by atoms with van der Waals surface area (Å²) >= 11 is 0. The smallest absolute Gasteiger partial charge is 0.270 e. The van der Waals surface area contributed by atoms with Crippen LogP contribution in [-0.4, -0.2) is 66.1 Å². The average Bonchev–Trinajstić information content (AvgIpc) is 3.04. The fraction of sp³-hybridized carbons (Fsp3) is 0.688. The van der Waals surface area contributed by atoms with E-state index in [0.29, 0.717) is 6.04 Å². The summed E-state index contributed by atoms with van der Waals surface area (Å²) < 4.78 is 2.20. The number of carbonyl (C=O) groups excluding carboxylic acids is 1. The maximum atomic E-state index is 12.8. The summed E-state index contributed by atoms with van der Waals surface area (Å²) in [6, 6.07) is 4.46. The van der Waals surface area contributed by atoms with E-state index in [0.717, 1.165) is 64.3 Å². The van der Waals surface area contributed by atoms with Crippen LogP contribution >= 0.6 is 0 Å². The van der Waals surface area contributed by atoms with Gasteiger partial charge in [-0.15, -0.1) is 0 Å². The van der Waals surface area contributed by atoms with Gasteiger partial charge in [-0.25, -0.2) is 0 Å². The van der Waals surface area contributed by atoms with Gasteiger partial charge in [-0.05, 0) is 44.6 Å². The molecule has 0 saturated carbocycles. The second-order valence-electron chi connectivity index (χ2n) is 6.01. The third-order valence-electron chi connectivity index (χ3n) is 4.81. The molecule has 1 aromatic rings. The molecule has 2 saturated heterocycles. The van der Waals surface area contributed by atoms with Gasteiger partial charge < -0.3 is 19.7 Å². The Labute approximate surface area is 126 Å². The minimum atomic E-state index is 0.203. The third kappa shape index (κ3) is 3.14. The fourth-order valence-electron chi connectivity index (χ4n) is 3.41. The molecule has 0 atom stereocenters. The van der Waals surface area contributed by atoms with Crippen LogP contribution in [0.25, 0.3) is 0 Å². The molecule has 0 bridgehead atoms. The van der Waals surface area contributed by atoms with Gasteiger partial charge in [-0.3, -0.25) is 4.79 Å². The van der Waals surface area contributed by atoms with Gasteiger partial charge in [0.25, 0.3) is 5.91 Å². The monoisotopic (exact) mass is 290 g/mol. The van der Waals surface area contributed by atoms with E-state index in [1.807, 2.05) is 17.0 Å². The van der Waals surface area contributed by atoms with Crippen LogP contribution in [0, 0.1) is 0 Å². The minimum absolute atomic E-state index is 0.203. The van der Waals surface area contributed by atoms with E-state index < -0.39 is 0 Å². The van der Waals surface area contributed by atoms with Crippen molar-refractivity contribution < 1.29 is 4.79 Å². The number of hydrogen-bond donors (Lipinski definition) is 1. The maximum Gasteiger partial charge on any atom is 0.270 e. The zero-order chi connectivity index (χ0) is 14.7. The largest absolute Gasteiger partial charge is 0.340 e. The summed E-state index contributed by atoms with van der Waals surface area (Å²) in [5.74, 6) is 0.203. The molecule has 21 heavy (non-hydrogen) atoms. The second-order valence-corrected chi connectivity index (χ2v) is 6.01. The molecule has 0 spiro atoms. The number of nitrogens with one attached hydrogen (secondary N) is 1. The highest BCUT2D eigenvalue weighted by Gasteiger charge is 2.25. The molecule has 3 rings (SSSR count). The number of piperidine rings is 1. The van der Waals surface area contributed by atoms with Gasteiger partial charge in [-0.2, -0.15) is 0 Å². The van der Waals surface area contributed by atoms with Crippen molar-refractivity contribution in [3.05, 3.63) is 24.0 Å². The van der Waals surface area contributed by atoms with Gasteiger partial charge in [0.15, 0.2) is 0 Å². The van der Waals surface area contributed by atoms with Crippen molar-refractivity contribution in [2.45, 2.75) is 25.8 Å². The van der Waals surface area contributed by atoms with Crippen LogP contribution in [0.3, 0.4) is 0 Å². The van der Waals surface area contributed by atoms with E-state index in [-0.39, 0.29) is 5.91 Å². The summed E-state index contributed by atoms with van der Waals surface area (Å²) in [6.07, 6.45) is 4.29. The highest BCUT2D eigenvalue weighted by atomic mass is 16.2. The Morgan fingerprint density at radius 3 is 2.62 bits per heavy atom. The Bertz CT molecular complexity index is 470. The summed E-state index contributed by atoms with van der Waals surface area (Å²) in [6.45, 7) is 9.05. The van der Waals surface area contributed by atoms with Gasteiger partial charge in [-0.1, -0.05) is 6.92 Å². The lowest BCUT2D eigenvalue weighted by Gasteiger charge is -2.35. The van der Waals surface area contributed by atoms with Crippen molar-refractivity contribution in [3.8, 4) is 0 Å². The molecule has 3 heterocycles.